The van der Waals surface area contributed by atoms with Gasteiger partial charge >= 0.3 is 5.97 Å². The molecule has 0 amide bonds. The van der Waals surface area contributed by atoms with Gasteiger partial charge in [0.1, 0.15) is 10.8 Å². The summed E-state index contributed by atoms with van der Waals surface area (Å²) < 4.78 is 18.5. The van der Waals surface area contributed by atoms with Gasteiger partial charge in [-0.3, -0.25) is 0 Å². The van der Waals surface area contributed by atoms with Gasteiger partial charge in [-0.25, -0.2) is 14.2 Å². The lowest BCUT2D eigenvalue weighted by Crippen LogP contribution is -2.07. The molecule has 20 heavy (non-hydrogen) atoms. The number of carbonyl (C=O) groups excluding carboxylic acids is 1. The number of nitrogens with one attached hydrogen (secondary N) is 1. The van der Waals surface area contributed by atoms with E-state index < -0.39 is 11.8 Å². The third kappa shape index (κ3) is 3.28. The molecule has 1 N–H and O–H groups in total. The summed E-state index contributed by atoms with van der Waals surface area (Å²) in [4.78, 5) is 15.7. The van der Waals surface area contributed by atoms with Crippen LogP contribution >= 0.6 is 38.9 Å². The van der Waals surface area contributed by atoms with E-state index in [9.17, 15) is 9.18 Å². The lowest BCUT2D eigenvalue weighted by Gasteiger charge is -2.10. The second-order valence-electron chi connectivity index (χ2n) is 3.62. The molecule has 1 heterocycles. The molecule has 0 spiro atoms. The predicted octanol–water partition coefficient (Wildman–Crippen LogP) is 4.62. The average Bonchev–Trinajstić information content (AvgIpc) is 2.82. The molecule has 1 aromatic heterocycles. The smallest absolute Gasteiger partial charge is 0.360 e. The molecule has 1 aromatic carbocycles. The molecule has 8 heteroatoms. The van der Waals surface area contributed by atoms with Gasteiger partial charge in [-0.2, -0.15) is 0 Å². The molecule has 2 rings (SSSR count). The molecule has 0 radical (unpaired) electrons. The van der Waals surface area contributed by atoms with Gasteiger partial charge < -0.3 is 10.1 Å². The average molecular weight is 380 g/mol. The normalized spacial score (nSPS) is 10.4. The molecule has 0 fully saturated rings. The third-order valence-electron chi connectivity index (χ3n) is 2.28. The van der Waals surface area contributed by atoms with E-state index in [4.69, 9.17) is 16.3 Å². The first kappa shape index (κ1) is 15.2. The first-order chi connectivity index (χ1) is 9.52. The lowest BCUT2D eigenvalue weighted by molar-refractivity contribution is 0.0521. The van der Waals surface area contributed by atoms with Crippen LogP contribution in [0.1, 0.15) is 17.4 Å². The van der Waals surface area contributed by atoms with Crippen molar-refractivity contribution >= 4 is 55.5 Å². The zero-order valence-corrected chi connectivity index (χ0v) is 13.4. The Morgan fingerprint density at radius 2 is 2.35 bits per heavy atom. The summed E-state index contributed by atoms with van der Waals surface area (Å²) in [5, 5.41) is 3.64. The van der Waals surface area contributed by atoms with Gasteiger partial charge in [0.15, 0.2) is 5.69 Å². The zero-order valence-electron chi connectivity index (χ0n) is 10.2. The summed E-state index contributed by atoms with van der Waals surface area (Å²) in [7, 11) is 0. The monoisotopic (exact) mass is 378 g/mol. The molecule has 0 unspecified atom stereocenters. The van der Waals surface area contributed by atoms with E-state index in [1.807, 2.05) is 0 Å². The quantitative estimate of drug-likeness (QED) is 0.788. The molecule has 0 aliphatic carbocycles. The van der Waals surface area contributed by atoms with Gasteiger partial charge in [0.05, 0.1) is 22.8 Å². The number of carbonyl (C=O) groups is 1. The molecule has 106 valence electrons. The van der Waals surface area contributed by atoms with Crippen LogP contribution in [0.15, 0.2) is 22.1 Å². The van der Waals surface area contributed by atoms with Gasteiger partial charge in [-0.15, -0.1) is 11.3 Å². The van der Waals surface area contributed by atoms with Crippen LogP contribution in [-0.4, -0.2) is 17.6 Å². The van der Waals surface area contributed by atoms with Crippen LogP contribution in [-0.2, 0) is 4.74 Å². The molecule has 0 aliphatic rings. The standard InChI is InChI=1S/C12H9BrClFN2O2S/c1-2-19-12(18)10-11(20-5-16-10)17-9-7(13)3-6(15)4-8(9)14/h3-5,17H,2H2,1H3. The predicted molar refractivity (Wildman–Crippen MR) is 80.5 cm³/mol. The maximum absolute atomic E-state index is 13.2. The van der Waals surface area contributed by atoms with Crippen molar-refractivity contribution in [3.8, 4) is 0 Å². The van der Waals surface area contributed by atoms with Crippen molar-refractivity contribution < 1.29 is 13.9 Å². The fourth-order valence-electron chi connectivity index (χ4n) is 1.45. The molecule has 4 nitrogen and oxygen atoms in total. The highest BCUT2D eigenvalue weighted by Crippen LogP contribution is 2.36. The summed E-state index contributed by atoms with van der Waals surface area (Å²) in [5.74, 6) is -0.979. The van der Waals surface area contributed by atoms with Crippen LogP contribution in [0.3, 0.4) is 0 Å². The van der Waals surface area contributed by atoms with Gasteiger partial charge in [0.25, 0.3) is 0 Å². The molecule has 0 saturated carbocycles. The minimum atomic E-state index is -0.523. The number of halogens is 3. The van der Waals surface area contributed by atoms with Crippen molar-refractivity contribution in [1.82, 2.24) is 4.98 Å². The SMILES string of the molecule is CCOC(=O)c1ncsc1Nc1c(Cl)cc(F)cc1Br. The minimum Gasteiger partial charge on any atom is -0.461 e. The number of benzene rings is 1. The first-order valence-electron chi connectivity index (χ1n) is 5.55. The number of rotatable bonds is 4. The summed E-state index contributed by atoms with van der Waals surface area (Å²) in [6, 6.07) is 2.46. The third-order valence-corrected chi connectivity index (χ3v) is 3.95. The van der Waals surface area contributed by atoms with Gasteiger partial charge in [-0.1, -0.05) is 11.6 Å². The molecule has 0 atom stereocenters. The van der Waals surface area contributed by atoms with E-state index >= 15 is 0 Å². The summed E-state index contributed by atoms with van der Waals surface area (Å²) in [6.07, 6.45) is 0. The van der Waals surface area contributed by atoms with Crippen molar-refractivity contribution in [2.45, 2.75) is 6.92 Å². The van der Waals surface area contributed by atoms with Gasteiger partial charge in [-0.05, 0) is 35.0 Å². The molecule has 0 saturated heterocycles. The van der Waals surface area contributed by atoms with E-state index in [1.54, 1.807) is 6.92 Å². The summed E-state index contributed by atoms with van der Waals surface area (Å²) in [6.45, 7) is 1.97. The van der Waals surface area contributed by atoms with Crippen molar-refractivity contribution in [2.75, 3.05) is 11.9 Å². The Balaban J connectivity index is 2.32. The highest BCUT2D eigenvalue weighted by Gasteiger charge is 2.18. The minimum absolute atomic E-state index is 0.171. The van der Waals surface area contributed by atoms with Crippen LogP contribution in [0, 0.1) is 5.82 Å². The first-order valence-corrected chi connectivity index (χ1v) is 7.60. The number of ether oxygens (including phenoxy) is 1. The molecule has 2 aromatic rings. The highest BCUT2D eigenvalue weighted by atomic mass is 79.9. The Hall–Kier alpha value is -1.18. The Kier molecular flexibility index (Phi) is 4.95. The number of hydrogen-bond donors (Lipinski definition) is 1. The van der Waals surface area contributed by atoms with Crippen LogP contribution in [0.4, 0.5) is 15.1 Å². The van der Waals surface area contributed by atoms with E-state index in [0.29, 0.717) is 15.2 Å². The number of aromatic nitrogens is 1. The number of thiazole rings is 1. The maximum Gasteiger partial charge on any atom is 0.360 e. The van der Waals surface area contributed by atoms with Gasteiger partial charge in [0, 0.05) is 4.47 Å². The zero-order chi connectivity index (χ0) is 14.7. The Bertz CT molecular complexity index is 627. The Labute approximate surface area is 132 Å². The lowest BCUT2D eigenvalue weighted by atomic mass is 10.3. The van der Waals surface area contributed by atoms with Crippen LogP contribution < -0.4 is 5.32 Å². The highest BCUT2D eigenvalue weighted by molar-refractivity contribution is 9.10. The van der Waals surface area contributed by atoms with Crippen LogP contribution in [0.25, 0.3) is 0 Å². The van der Waals surface area contributed by atoms with Crippen molar-refractivity contribution in [3.05, 3.63) is 38.6 Å². The van der Waals surface area contributed by atoms with Crippen molar-refractivity contribution in [3.63, 3.8) is 0 Å². The number of esters is 1. The van der Waals surface area contributed by atoms with E-state index in [0.717, 1.165) is 0 Å². The van der Waals surface area contributed by atoms with Crippen LogP contribution in [0.2, 0.25) is 5.02 Å². The maximum atomic E-state index is 13.2. The molecular formula is C12H9BrClFN2O2S. The van der Waals surface area contributed by atoms with E-state index in [1.165, 1.54) is 29.0 Å². The Morgan fingerprint density at radius 3 is 3.00 bits per heavy atom. The fraction of sp³-hybridized carbons (Fsp3) is 0.167. The summed E-state index contributed by atoms with van der Waals surface area (Å²) >= 11 is 10.4. The molecular weight excluding hydrogens is 371 g/mol. The second-order valence-corrected chi connectivity index (χ2v) is 5.74. The largest absolute Gasteiger partial charge is 0.461 e. The number of anilines is 2. The van der Waals surface area contributed by atoms with Gasteiger partial charge in [0.2, 0.25) is 0 Å². The number of nitrogens with zero attached hydrogens (tertiary/aromatic N) is 1. The second kappa shape index (κ2) is 6.51. The molecule has 0 aliphatic heterocycles. The van der Waals surface area contributed by atoms with Crippen molar-refractivity contribution in [1.29, 1.82) is 0 Å². The molecule has 0 bridgehead atoms. The van der Waals surface area contributed by atoms with Crippen molar-refractivity contribution in [2.24, 2.45) is 0 Å². The Morgan fingerprint density at radius 1 is 1.60 bits per heavy atom. The van der Waals surface area contributed by atoms with E-state index in [2.05, 4.69) is 26.2 Å². The summed E-state index contributed by atoms with van der Waals surface area (Å²) in [5.41, 5.74) is 2.15. The number of hydrogen-bond acceptors (Lipinski definition) is 5. The topological polar surface area (TPSA) is 51.2 Å². The van der Waals surface area contributed by atoms with Crippen LogP contribution in [0.5, 0.6) is 0 Å². The van der Waals surface area contributed by atoms with E-state index in [-0.39, 0.29) is 17.3 Å². The fourth-order valence-corrected chi connectivity index (χ4v) is 3.03.